The van der Waals surface area contributed by atoms with Crippen molar-refractivity contribution in [3.63, 3.8) is 0 Å². The SMILES string of the molecule is CC.CN1C(=O)Cc2ccc(Br)cc21. The minimum absolute atomic E-state index is 0.170. The van der Waals surface area contributed by atoms with Crippen molar-refractivity contribution in [1.29, 1.82) is 0 Å². The van der Waals surface area contributed by atoms with E-state index < -0.39 is 0 Å². The monoisotopic (exact) mass is 255 g/mol. The van der Waals surface area contributed by atoms with Crippen LogP contribution in [0.25, 0.3) is 0 Å². The summed E-state index contributed by atoms with van der Waals surface area (Å²) in [5.74, 6) is 0.170. The summed E-state index contributed by atoms with van der Waals surface area (Å²) in [6.07, 6.45) is 0.541. The van der Waals surface area contributed by atoms with Gasteiger partial charge in [-0.3, -0.25) is 4.79 Å². The predicted molar refractivity (Wildman–Crippen MR) is 62.6 cm³/mol. The lowest BCUT2D eigenvalue weighted by atomic mass is 10.2. The van der Waals surface area contributed by atoms with Crippen LogP contribution in [0.15, 0.2) is 22.7 Å². The second-order valence-electron chi connectivity index (χ2n) is 2.90. The molecule has 0 unspecified atom stereocenters. The summed E-state index contributed by atoms with van der Waals surface area (Å²) in [4.78, 5) is 12.9. The zero-order valence-corrected chi connectivity index (χ0v) is 10.3. The molecule has 0 saturated carbocycles. The molecule has 76 valence electrons. The van der Waals surface area contributed by atoms with Gasteiger partial charge >= 0.3 is 0 Å². The Kier molecular flexibility index (Phi) is 3.69. The third-order valence-corrected chi connectivity index (χ3v) is 2.62. The van der Waals surface area contributed by atoms with Crippen molar-refractivity contribution in [2.75, 3.05) is 11.9 Å². The highest BCUT2D eigenvalue weighted by Crippen LogP contribution is 2.30. The largest absolute Gasteiger partial charge is 0.315 e. The number of fused-ring (bicyclic) bond motifs is 1. The molecule has 2 rings (SSSR count). The molecule has 1 aliphatic rings. The van der Waals surface area contributed by atoms with E-state index in [-0.39, 0.29) is 5.91 Å². The molecule has 0 radical (unpaired) electrons. The van der Waals surface area contributed by atoms with E-state index in [9.17, 15) is 4.79 Å². The van der Waals surface area contributed by atoms with Crippen LogP contribution in [0.3, 0.4) is 0 Å². The number of hydrogen-bond donors (Lipinski definition) is 0. The zero-order chi connectivity index (χ0) is 10.7. The number of amides is 1. The van der Waals surface area contributed by atoms with E-state index in [4.69, 9.17) is 0 Å². The smallest absolute Gasteiger partial charge is 0.231 e. The number of rotatable bonds is 0. The van der Waals surface area contributed by atoms with Gasteiger partial charge in [0.15, 0.2) is 0 Å². The van der Waals surface area contributed by atoms with Gasteiger partial charge in [0.1, 0.15) is 0 Å². The number of hydrogen-bond acceptors (Lipinski definition) is 1. The van der Waals surface area contributed by atoms with Crippen LogP contribution >= 0.6 is 15.9 Å². The van der Waals surface area contributed by atoms with Crippen LogP contribution in [0.5, 0.6) is 0 Å². The van der Waals surface area contributed by atoms with Crippen LogP contribution in [0.1, 0.15) is 19.4 Å². The third-order valence-electron chi connectivity index (χ3n) is 2.12. The molecular weight excluding hydrogens is 242 g/mol. The maximum atomic E-state index is 11.3. The van der Waals surface area contributed by atoms with Crippen LogP contribution in [-0.2, 0) is 11.2 Å². The number of halogens is 1. The highest BCUT2D eigenvalue weighted by molar-refractivity contribution is 9.10. The lowest BCUT2D eigenvalue weighted by molar-refractivity contribution is -0.117. The van der Waals surface area contributed by atoms with Crippen molar-refractivity contribution in [2.24, 2.45) is 0 Å². The lowest BCUT2D eigenvalue weighted by Gasteiger charge is -2.09. The molecule has 0 aromatic heterocycles. The van der Waals surface area contributed by atoms with Crippen LogP contribution in [-0.4, -0.2) is 13.0 Å². The Balaban J connectivity index is 0.000000461. The van der Waals surface area contributed by atoms with Gasteiger partial charge in [-0.2, -0.15) is 0 Å². The number of anilines is 1. The van der Waals surface area contributed by atoms with E-state index in [1.807, 2.05) is 32.0 Å². The first-order valence-electron chi connectivity index (χ1n) is 4.73. The van der Waals surface area contributed by atoms with Crippen molar-refractivity contribution < 1.29 is 4.79 Å². The van der Waals surface area contributed by atoms with Gasteiger partial charge in [0.05, 0.1) is 6.42 Å². The molecule has 0 aliphatic carbocycles. The third kappa shape index (κ3) is 1.98. The normalized spacial score (nSPS) is 13.4. The van der Waals surface area contributed by atoms with Crippen molar-refractivity contribution in [3.8, 4) is 0 Å². The van der Waals surface area contributed by atoms with E-state index in [0.717, 1.165) is 15.7 Å². The summed E-state index contributed by atoms with van der Waals surface area (Å²) in [7, 11) is 1.81. The molecule has 1 heterocycles. The topological polar surface area (TPSA) is 20.3 Å². The van der Waals surface area contributed by atoms with Crippen molar-refractivity contribution in [1.82, 2.24) is 0 Å². The summed E-state index contributed by atoms with van der Waals surface area (Å²) in [5, 5.41) is 0. The Bertz CT molecular complexity index is 349. The van der Waals surface area contributed by atoms with Gasteiger partial charge in [-0.15, -0.1) is 0 Å². The molecule has 0 atom stereocenters. The Morgan fingerprint density at radius 2 is 2.00 bits per heavy atom. The molecule has 1 amide bonds. The fourth-order valence-electron chi connectivity index (χ4n) is 1.41. The Labute approximate surface area is 93.0 Å². The summed E-state index contributed by atoms with van der Waals surface area (Å²) >= 11 is 3.37. The number of carbonyl (C=O) groups is 1. The van der Waals surface area contributed by atoms with Crippen LogP contribution < -0.4 is 4.90 Å². The van der Waals surface area contributed by atoms with Crippen molar-refractivity contribution in [3.05, 3.63) is 28.2 Å². The molecule has 3 heteroatoms. The van der Waals surface area contributed by atoms with Crippen molar-refractivity contribution in [2.45, 2.75) is 20.3 Å². The molecule has 0 spiro atoms. The Morgan fingerprint density at radius 3 is 2.64 bits per heavy atom. The van der Waals surface area contributed by atoms with Crippen LogP contribution in [0, 0.1) is 0 Å². The molecule has 1 aromatic rings. The van der Waals surface area contributed by atoms with Gasteiger partial charge in [-0.25, -0.2) is 0 Å². The van der Waals surface area contributed by atoms with Gasteiger partial charge in [0, 0.05) is 17.2 Å². The van der Waals surface area contributed by atoms with E-state index in [2.05, 4.69) is 15.9 Å². The standard InChI is InChI=1S/C9H8BrNO.C2H6/c1-11-8-5-7(10)3-2-6(8)4-9(11)12;1-2/h2-3,5H,4H2,1H3;1-2H3. The van der Waals surface area contributed by atoms with Gasteiger partial charge in [0.25, 0.3) is 0 Å². The minimum Gasteiger partial charge on any atom is -0.315 e. The maximum absolute atomic E-state index is 11.3. The quantitative estimate of drug-likeness (QED) is 0.698. The molecule has 0 bridgehead atoms. The molecule has 14 heavy (non-hydrogen) atoms. The number of nitrogens with zero attached hydrogens (tertiary/aromatic N) is 1. The zero-order valence-electron chi connectivity index (χ0n) is 8.67. The van der Waals surface area contributed by atoms with Gasteiger partial charge in [-0.1, -0.05) is 35.8 Å². The molecular formula is C11H14BrNO. The van der Waals surface area contributed by atoms with Gasteiger partial charge < -0.3 is 4.90 Å². The maximum Gasteiger partial charge on any atom is 0.231 e. The number of carbonyl (C=O) groups excluding carboxylic acids is 1. The Morgan fingerprint density at radius 1 is 1.36 bits per heavy atom. The highest BCUT2D eigenvalue weighted by Gasteiger charge is 2.23. The average Bonchev–Trinajstić information content (AvgIpc) is 2.48. The van der Waals surface area contributed by atoms with E-state index >= 15 is 0 Å². The van der Waals surface area contributed by atoms with E-state index in [1.54, 1.807) is 11.9 Å². The van der Waals surface area contributed by atoms with E-state index in [1.165, 1.54) is 0 Å². The first-order chi connectivity index (χ1) is 6.68. The molecule has 2 nitrogen and oxygen atoms in total. The molecule has 0 saturated heterocycles. The first-order valence-corrected chi connectivity index (χ1v) is 5.53. The number of likely N-dealkylation sites (N-methyl/N-ethyl adjacent to an activating group) is 1. The first kappa shape index (κ1) is 11.2. The highest BCUT2D eigenvalue weighted by atomic mass is 79.9. The molecule has 0 fully saturated rings. The Hall–Kier alpha value is -0.830. The van der Waals surface area contributed by atoms with Gasteiger partial charge in [-0.05, 0) is 17.7 Å². The van der Waals surface area contributed by atoms with Crippen LogP contribution in [0.4, 0.5) is 5.69 Å². The van der Waals surface area contributed by atoms with E-state index in [0.29, 0.717) is 6.42 Å². The second kappa shape index (κ2) is 4.60. The fourth-order valence-corrected chi connectivity index (χ4v) is 1.76. The molecule has 0 N–H and O–H groups in total. The van der Waals surface area contributed by atoms with Crippen LogP contribution in [0.2, 0.25) is 0 Å². The number of benzene rings is 1. The summed E-state index contributed by atoms with van der Waals surface area (Å²) in [6, 6.07) is 5.92. The lowest BCUT2D eigenvalue weighted by Crippen LogP contribution is -2.20. The molecule has 1 aliphatic heterocycles. The summed E-state index contributed by atoms with van der Waals surface area (Å²) in [5.41, 5.74) is 2.14. The summed E-state index contributed by atoms with van der Waals surface area (Å²) in [6.45, 7) is 4.00. The summed E-state index contributed by atoms with van der Waals surface area (Å²) < 4.78 is 1.02. The second-order valence-corrected chi connectivity index (χ2v) is 3.82. The average molecular weight is 256 g/mol. The fraction of sp³-hybridized carbons (Fsp3) is 0.364. The molecule has 1 aromatic carbocycles. The van der Waals surface area contributed by atoms with Crippen molar-refractivity contribution >= 4 is 27.5 Å². The minimum atomic E-state index is 0.170. The predicted octanol–water partition coefficient (Wildman–Crippen LogP) is 2.99. The van der Waals surface area contributed by atoms with Gasteiger partial charge in [0.2, 0.25) is 5.91 Å².